The molecule has 2 saturated carbocycles. The summed E-state index contributed by atoms with van der Waals surface area (Å²) in [6.45, 7) is 0.617. The minimum atomic E-state index is -2.94. The molecule has 0 aromatic heterocycles. The zero-order chi connectivity index (χ0) is 12.5. The summed E-state index contributed by atoms with van der Waals surface area (Å²) in [7, 11) is -2.94. The molecule has 5 heteroatoms. The van der Waals surface area contributed by atoms with E-state index in [9.17, 15) is 13.5 Å². The Kier molecular flexibility index (Phi) is 4.10. The van der Waals surface area contributed by atoms with Crippen LogP contribution in [0.1, 0.15) is 38.5 Å². The largest absolute Gasteiger partial charge is 0.392 e. The highest BCUT2D eigenvalue weighted by Gasteiger charge is 2.33. The molecule has 0 heterocycles. The topological polar surface area (TPSA) is 66.4 Å². The molecule has 0 aliphatic heterocycles. The molecule has 0 radical (unpaired) electrons. The molecule has 0 bridgehead atoms. The van der Waals surface area contributed by atoms with Gasteiger partial charge in [-0.05, 0) is 38.0 Å². The lowest BCUT2D eigenvalue weighted by Gasteiger charge is -2.31. The minimum Gasteiger partial charge on any atom is -0.392 e. The fourth-order valence-electron chi connectivity index (χ4n) is 2.66. The van der Waals surface area contributed by atoms with Crippen molar-refractivity contribution >= 4 is 9.84 Å². The van der Waals surface area contributed by atoms with Crippen LogP contribution < -0.4 is 5.32 Å². The van der Waals surface area contributed by atoms with Crippen LogP contribution in [0.25, 0.3) is 0 Å². The van der Waals surface area contributed by atoms with Gasteiger partial charge in [-0.25, -0.2) is 8.42 Å². The molecule has 0 saturated heterocycles. The first-order chi connectivity index (χ1) is 7.97. The monoisotopic (exact) mass is 261 g/mol. The number of hydrogen-bond acceptors (Lipinski definition) is 4. The molecule has 2 rings (SSSR count). The number of rotatable bonds is 5. The quantitative estimate of drug-likeness (QED) is 0.764. The Bertz CT molecular complexity index is 351. The Labute approximate surface area is 104 Å². The number of aliphatic hydroxyl groups is 1. The summed E-state index contributed by atoms with van der Waals surface area (Å²) in [6.07, 6.45) is 6.62. The molecule has 0 aromatic rings. The van der Waals surface area contributed by atoms with Crippen LogP contribution in [0, 0.1) is 5.92 Å². The van der Waals surface area contributed by atoms with Crippen LogP contribution in [0.15, 0.2) is 0 Å². The molecule has 2 aliphatic carbocycles. The second-order valence-corrected chi connectivity index (χ2v) is 7.95. The van der Waals surface area contributed by atoms with E-state index in [1.807, 2.05) is 0 Å². The maximum absolute atomic E-state index is 11.5. The lowest BCUT2D eigenvalue weighted by atomic mass is 9.85. The number of hydrogen-bond donors (Lipinski definition) is 2. The van der Waals surface area contributed by atoms with Crippen molar-refractivity contribution in [3.8, 4) is 0 Å². The average Bonchev–Trinajstić information content (AvgIpc) is 3.09. The molecule has 4 nitrogen and oxygen atoms in total. The summed E-state index contributed by atoms with van der Waals surface area (Å²) in [6, 6.07) is 0.596. The van der Waals surface area contributed by atoms with Crippen molar-refractivity contribution in [1.29, 1.82) is 0 Å². The van der Waals surface area contributed by atoms with Crippen molar-refractivity contribution in [2.24, 2.45) is 5.92 Å². The molecule has 0 aromatic carbocycles. The van der Waals surface area contributed by atoms with E-state index in [0.29, 0.717) is 19.0 Å². The second kappa shape index (κ2) is 5.24. The Morgan fingerprint density at radius 1 is 1.29 bits per heavy atom. The normalized spacial score (nSPS) is 32.4. The fourth-order valence-corrected chi connectivity index (χ4v) is 3.85. The highest BCUT2D eigenvalue weighted by atomic mass is 32.2. The number of aliphatic hydroxyl groups excluding tert-OH is 1. The summed E-state index contributed by atoms with van der Waals surface area (Å²) < 4.78 is 23.1. The van der Waals surface area contributed by atoms with Gasteiger partial charge in [0.15, 0.2) is 0 Å². The Morgan fingerprint density at radius 3 is 2.59 bits per heavy atom. The van der Waals surface area contributed by atoms with E-state index in [-0.39, 0.29) is 17.3 Å². The molecule has 0 spiro atoms. The summed E-state index contributed by atoms with van der Waals surface area (Å²) in [5.41, 5.74) is 0. The maximum Gasteiger partial charge on any atom is 0.150 e. The van der Waals surface area contributed by atoms with Gasteiger partial charge < -0.3 is 10.4 Å². The highest BCUT2D eigenvalue weighted by molar-refractivity contribution is 7.91. The van der Waals surface area contributed by atoms with Gasteiger partial charge in [-0.2, -0.15) is 0 Å². The zero-order valence-electron chi connectivity index (χ0n) is 10.4. The third kappa shape index (κ3) is 3.93. The summed E-state index contributed by atoms with van der Waals surface area (Å²) in [5, 5.41) is 13.1. The lowest BCUT2D eigenvalue weighted by Crippen LogP contribution is -2.38. The molecule has 3 unspecified atom stereocenters. The van der Waals surface area contributed by atoms with Crippen LogP contribution >= 0.6 is 0 Å². The second-order valence-electron chi connectivity index (χ2n) is 5.63. The van der Waals surface area contributed by atoms with E-state index in [2.05, 4.69) is 5.32 Å². The van der Waals surface area contributed by atoms with Gasteiger partial charge in [-0.1, -0.05) is 6.42 Å². The van der Waals surface area contributed by atoms with E-state index in [0.717, 1.165) is 19.3 Å². The van der Waals surface area contributed by atoms with Crippen molar-refractivity contribution in [2.75, 3.05) is 12.8 Å². The van der Waals surface area contributed by atoms with E-state index < -0.39 is 9.84 Å². The predicted molar refractivity (Wildman–Crippen MR) is 67.6 cm³/mol. The minimum absolute atomic E-state index is 0.148. The van der Waals surface area contributed by atoms with E-state index >= 15 is 0 Å². The van der Waals surface area contributed by atoms with Gasteiger partial charge in [-0.15, -0.1) is 0 Å². The standard InChI is InChI=1S/C12H23NO3S/c1-17(15,16)11-4-2-3-9(7-11)12(14)8-13-10-5-6-10/h9-14H,2-8H2,1H3. The smallest absolute Gasteiger partial charge is 0.150 e. The third-order valence-corrected chi connectivity index (χ3v) is 5.65. The SMILES string of the molecule is CS(=O)(=O)C1CCCC(C(O)CNC2CC2)C1. The van der Waals surface area contributed by atoms with Crippen molar-refractivity contribution in [3.05, 3.63) is 0 Å². The molecule has 2 fully saturated rings. The van der Waals surface area contributed by atoms with Gasteiger partial charge in [0, 0.05) is 18.8 Å². The molecule has 2 N–H and O–H groups in total. The van der Waals surface area contributed by atoms with Gasteiger partial charge in [0.25, 0.3) is 0 Å². The zero-order valence-corrected chi connectivity index (χ0v) is 11.2. The fraction of sp³-hybridized carbons (Fsp3) is 1.00. The first-order valence-corrected chi connectivity index (χ1v) is 8.52. The van der Waals surface area contributed by atoms with Crippen LogP contribution in [-0.2, 0) is 9.84 Å². The van der Waals surface area contributed by atoms with Crippen LogP contribution in [0.3, 0.4) is 0 Å². The van der Waals surface area contributed by atoms with E-state index in [4.69, 9.17) is 0 Å². The van der Waals surface area contributed by atoms with E-state index in [1.165, 1.54) is 19.1 Å². The first kappa shape index (κ1) is 13.3. The Morgan fingerprint density at radius 2 is 2.00 bits per heavy atom. The van der Waals surface area contributed by atoms with Crippen molar-refractivity contribution in [2.45, 2.75) is 55.9 Å². The van der Waals surface area contributed by atoms with Crippen molar-refractivity contribution in [3.63, 3.8) is 0 Å². The molecule has 0 amide bonds. The van der Waals surface area contributed by atoms with Gasteiger partial charge in [0.05, 0.1) is 11.4 Å². The third-order valence-electron chi connectivity index (χ3n) is 4.01. The van der Waals surface area contributed by atoms with Gasteiger partial charge in [0.1, 0.15) is 9.84 Å². The van der Waals surface area contributed by atoms with Crippen LogP contribution in [0.5, 0.6) is 0 Å². The summed E-state index contributed by atoms with van der Waals surface area (Å²) in [5.74, 6) is 0.148. The predicted octanol–water partition coefficient (Wildman–Crippen LogP) is 0.703. The average molecular weight is 261 g/mol. The Hall–Kier alpha value is -0.130. The number of sulfone groups is 1. The first-order valence-electron chi connectivity index (χ1n) is 6.57. The molecule has 2 aliphatic rings. The summed E-state index contributed by atoms with van der Waals surface area (Å²) >= 11 is 0. The molecule has 3 atom stereocenters. The van der Waals surface area contributed by atoms with Crippen molar-refractivity contribution < 1.29 is 13.5 Å². The molecule has 17 heavy (non-hydrogen) atoms. The maximum atomic E-state index is 11.5. The van der Waals surface area contributed by atoms with Crippen molar-refractivity contribution in [1.82, 2.24) is 5.32 Å². The van der Waals surface area contributed by atoms with Gasteiger partial charge in [0.2, 0.25) is 0 Å². The summed E-state index contributed by atoms with van der Waals surface area (Å²) in [4.78, 5) is 0. The van der Waals surface area contributed by atoms with Gasteiger partial charge >= 0.3 is 0 Å². The highest BCUT2D eigenvalue weighted by Crippen LogP contribution is 2.30. The van der Waals surface area contributed by atoms with Gasteiger partial charge in [-0.3, -0.25) is 0 Å². The van der Waals surface area contributed by atoms with E-state index in [1.54, 1.807) is 0 Å². The molecular weight excluding hydrogens is 238 g/mol. The lowest BCUT2D eigenvalue weighted by molar-refractivity contribution is 0.0846. The van der Waals surface area contributed by atoms with Crippen LogP contribution in [-0.4, -0.2) is 43.7 Å². The van der Waals surface area contributed by atoms with Crippen LogP contribution in [0.2, 0.25) is 0 Å². The number of nitrogens with one attached hydrogen (secondary N) is 1. The molecular formula is C12H23NO3S. The Balaban J connectivity index is 1.82. The van der Waals surface area contributed by atoms with Crippen LogP contribution in [0.4, 0.5) is 0 Å². The molecule has 100 valence electrons.